The number of hydrogen-bond donors (Lipinski definition) is 3. The van der Waals surface area contributed by atoms with E-state index >= 15 is 0 Å². The number of carbonyl (C=O) groups excluding carboxylic acids is 2. The first kappa shape index (κ1) is 30.7. The second-order valence-corrected chi connectivity index (χ2v) is 12.5. The summed E-state index contributed by atoms with van der Waals surface area (Å²) in [5.41, 5.74) is 2.34. The molecular formula is C33H29BrN4O5S. The van der Waals surface area contributed by atoms with Gasteiger partial charge < -0.3 is 20.5 Å². The zero-order valence-corrected chi connectivity index (χ0v) is 26.3. The van der Waals surface area contributed by atoms with Crippen LogP contribution in [0, 0.1) is 5.92 Å². The summed E-state index contributed by atoms with van der Waals surface area (Å²) in [6, 6.07) is 25.9. The summed E-state index contributed by atoms with van der Waals surface area (Å²) in [7, 11) is 0. The van der Waals surface area contributed by atoms with Crippen molar-refractivity contribution < 1.29 is 24.2 Å². The third-order valence-corrected chi connectivity index (χ3v) is 8.63. The highest BCUT2D eigenvalue weighted by Gasteiger charge is 2.26. The van der Waals surface area contributed by atoms with Gasteiger partial charge in [0.2, 0.25) is 0 Å². The highest BCUT2D eigenvalue weighted by molar-refractivity contribution is 9.11. The lowest BCUT2D eigenvalue weighted by Crippen LogP contribution is -2.45. The summed E-state index contributed by atoms with van der Waals surface area (Å²) in [4.78, 5) is 38.8. The maximum absolute atomic E-state index is 13.6. The van der Waals surface area contributed by atoms with Gasteiger partial charge in [-0.3, -0.25) is 9.59 Å². The van der Waals surface area contributed by atoms with Crippen LogP contribution in [0.15, 0.2) is 101 Å². The van der Waals surface area contributed by atoms with E-state index in [0.29, 0.717) is 46.1 Å². The van der Waals surface area contributed by atoms with Crippen LogP contribution in [0.5, 0.6) is 11.5 Å². The van der Waals surface area contributed by atoms with Gasteiger partial charge in [-0.2, -0.15) is 5.10 Å². The minimum atomic E-state index is -1.07. The van der Waals surface area contributed by atoms with Gasteiger partial charge in [0.15, 0.2) is 0 Å². The van der Waals surface area contributed by atoms with Gasteiger partial charge in [-0.1, -0.05) is 44.5 Å². The van der Waals surface area contributed by atoms with Crippen molar-refractivity contribution in [1.82, 2.24) is 15.1 Å². The summed E-state index contributed by atoms with van der Waals surface area (Å²) < 4.78 is 8.38. The molecule has 5 aromatic rings. The standard InChI is InChI=1S/C33H29BrN4O5S/c1-3-20(2)29(33(41)42)36-31(39)21-12-14-23(15-13-21)38-19-26(30(37-38)27-16-17-28(34)44-27)32(40)35-22-8-7-11-25(18-22)43-24-9-5-4-6-10-24/h4-20,29H,3H2,1-2H3,(H,35,40)(H,36,39)(H,41,42)/t20-,29+/m1/s1. The Morgan fingerprint density at radius 2 is 1.68 bits per heavy atom. The lowest BCUT2D eigenvalue weighted by atomic mass is 9.99. The van der Waals surface area contributed by atoms with E-state index < -0.39 is 17.9 Å². The average Bonchev–Trinajstić information content (AvgIpc) is 3.67. The molecule has 0 aliphatic heterocycles. The lowest BCUT2D eigenvalue weighted by molar-refractivity contribution is -0.140. The summed E-state index contributed by atoms with van der Waals surface area (Å²) in [5.74, 6) is -0.867. The molecule has 0 spiro atoms. The first-order valence-corrected chi connectivity index (χ1v) is 15.5. The Hall–Kier alpha value is -4.74. The number of nitrogens with zero attached hydrogens (tertiary/aromatic N) is 2. The van der Waals surface area contributed by atoms with Gasteiger partial charge in [-0.25, -0.2) is 9.48 Å². The molecule has 2 heterocycles. The Morgan fingerprint density at radius 1 is 0.955 bits per heavy atom. The molecule has 0 unspecified atom stereocenters. The second-order valence-electron chi connectivity index (χ2n) is 10.1. The summed E-state index contributed by atoms with van der Waals surface area (Å²) in [6.07, 6.45) is 2.25. The largest absolute Gasteiger partial charge is 0.480 e. The van der Waals surface area contributed by atoms with Crippen molar-refractivity contribution in [1.29, 1.82) is 0 Å². The van der Waals surface area contributed by atoms with Gasteiger partial charge in [0.1, 0.15) is 23.2 Å². The number of halogens is 1. The molecule has 44 heavy (non-hydrogen) atoms. The van der Waals surface area contributed by atoms with Crippen LogP contribution in [0.3, 0.4) is 0 Å². The van der Waals surface area contributed by atoms with Crippen LogP contribution in [0.1, 0.15) is 41.0 Å². The number of benzene rings is 3. The Bertz CT molecular complexity index is 1790. The number of anilines is 1. The fourth-order valence-corrected chi connectivity index (χ4v) is 5.81. The Kier molecular flexibility index (Phi) is 9.56. The molecule has 3 aromatic carbocycles. The van der Waals surface area contributed by atoms with E-state index in [2.05, 4.69) is 26.6 Å². The quantitative estimate of drug-likeness (QED) is 0.133. The van der Waals surface area contributed by atoms with Crippen LogP contribution in [0.4, 0.5) is 5.69 Å². The Balaban J connectivity index is 1.39. The minimum Gasteiger partial charge on any atom is -0.480 e. The molecule has 0 aliphatic carbocycles. The number of aliphatic carboxylic acids is 1. The predicted octanol–water partition coefficient (Wildman–Crippen LogP) is 7.64. The highest BCUT2D eigenvalue weighted by atomic mass is 79.9. The molecule has 0 bridgehead atoms. The average molecular weight is 674 g/mol. The zero-order valence-electron chi connectivity index (χ0n) is 23.9. The molecule has 2 atom stereocenters. The first-order valence-electron chi connectivity index (χ1n) is 13.9. The van der Waals surface area contributed by atoms with Crippen LogP contribution in [-0.4, -0.2) is 38.7 Å². The fraction of sp³-hybridized carbons (Fsp3) is 0.152. The number of ether oxygens (including phenoxy) is 1. The predicted molar refractivity (Wildman–Crippen MR) is 174 cm³/mol. The number of nitrogens with one attached hydrogen (secondary N) is 2. The van der Waals surface area contributed by atoms with Crippen LogP contribution >= 0.6 is 27.3 Å². The number of hydrogen-bond acceptors (Lipinski definition) is 6. The second kappa shape index (κ2) is 13.7. The van der Waals surface area contributed by atoms with E-state index in [-0.39, 0.29) is 11.8 Å². The molecule has 2 aromatic heterocycles. The van der Waals surface area contributed by atoms with Gasteiger partial charge in [-0.15, -0.1) is 11.3 Å². The van der Waals surface area contributed by atoms with Crippen molar-refractivity contribution in [3.05, 3.63) is 112 Å². The Labute approximate surface area is 266 Å². The van der Waals surface area contributed by atoms with E-state index in [0.717, 1.165) is 8.66 Å². The minimum absolute atomic E-state index is 0.223. The van der Waals surface area contributed by atoms with Crippen LogP contribution in [-0.2, 0) is 4.79 Å². The fourth-order valence-electron chi connectivity index (χ4n) is 4.43. The molecule has 11 heteroatoms. The van der Waals surface area contributed by atoms with Crippen LogP contribution in [0.25, 0.3) is 16.3 Å². The van der Waals surface area contributed by atoms with Crippen molar-refractivity contribution in [3.8, 4) is 27.8 Å². The maximum Gasteiger partial charge on any atom is 0.326 e. The van der Waals surface area contributed by atoms with E-state index in [1.807, 2.05) is 55.5 Å². The normalized spacial score (nSPS) is 12.2. The molecular weight excluding hydrogens is 644 g/mol. The summed E-state index contributed by atoms with van der Waals surface area (Å²) in [5, 5.41) is 19.8. The van der Waals surface area contributed by atoms with E-state index in [4.69, 9.17) is 9.84 Å². The summed E-state index contributed by atoms with van der Waals surface area (Å²) >= 11 is 4.94. The number of carboxylic acid groups (broad SMARTS) is 1. The molecule has 0 fully saturated rings. The smallest absolute Gasteiger partial charge is 0.326 e. The molecule has 2 amide bonds. The molecule has 0 saturated heterocycles. The zero-order chi connectivity index (χ0) is 31.2. The van der Waals surface area contributed by atoms with E-state index in [1.54, 1.807) is 60.3 Å². The number of amides is 2. The molecule has 0 radical (unpaired) electrons. The highest BCUT2D eigenvalue weighted by Crippen LogP contribution is 2.34. The molecule has 5 rings (SSSR count). The third kappa shape index (κ3) is 7.24. The monoisotopic (exact) mass is 672 g/mol. The van der Waals surface area contributed by atoms with Gasteiger partial charge in [0.25, 0.3) is 11.8 Å². The number of para-hydroxylation sites is 1. The van der Waals surface area contributed by atoms with E-state index in [9.17, 15) is 19.5 Å². The maximum atomic E-state index is 13.6. The lowest BCUT2D eigenvalue weighted by Gasteiger charge is -2.20. The SMILES string of the molecule is CC[C@@H](C)[C@H](NC(=O)c1ccc(-n2cc(C(=O)Nc3cccc(Oc4ccccc4)c3)c(-c3ccc(Br)s3)n2)cc1)C(=O)O. The van der Waals surface area contributed by atoms with Gasteiger partial charge >= 0.3 is 5.97 Å². The third-order valence-electron chi connectivity index (χ3n) is 7.00. The topological polar surface area (TPSA) is 123 Å². The van der Waals surface area contributed by atoms with Crippen LogP contribution < -0.4 is 15.4 Å². The number of aromatic nitrogens is 2. The number of carboxylic acids is 1. The van der Waals surface area contributed by atoms with Crippen molar-refractivity contribution in [2.24, 2.45) is 5.92 Å². The molecule has 0 saturated carbocycles. The van der Waals surface area contributed by atoms with Crippen molar-refractivity contribution in [2.75, 3.05) is 5.32 Å². The van der Waals surface area contributed by atoms with Gasteiger partial charge in [0.05, 0.1) is 19.9 Å². The number of rotatable bonds is 11. The molecule has 3 N–H and O–H groups in total. The number of thiophene rings is 1. The molecule has 9 nitrogen and oxygen atoms in total. The Morgan fingerprint density at radius 3 is 2.34 bits per heavy atom. The first-order chi connectivity index (χ1) is 21.2. The van der Waals surface area contributed by atoms with Gasteiger partial charge in [-0.05, 0) is 82.5 Å². The molecule has 0 aliphatic rings. The van der Waals surface area contributed by atoms with Crippen molar-refractivity contribution in [3.63, 3.8) is 0 Å². The summed E-state index contributed by atoms with van der Waals surface area (Å²) in [6.45, 7) is 3.66. The van der Waals surface area contributed by atoms with Crippen molar-refractivity contribution in [2.45, 2.75) is 26.3 Å². The van der Waals surface area contributed by atoms with Crippen LogP contribution in [0.2, 0.25) is 0 Å². The number of carbonyl (C=O) groups is 3. The van der Waals surface area contributed by atoms with Gasteiger partial charge in [0, 0.05) is 23.5 Å². The molecule has 224 valence electrons. The van der Waals surface area contributed by atoms with E-state index in [1.165, 1.54) is 11.3 Å². The van der Waals surface area contributed by atoms with Crippen molar-refractivity contribution >= 4 is 50.7 Å².